The highest BCUT2D eigenvalue weighted by atomic mass is 32.1. The van der Waals surface area contributed by atoms with Gasteiger partial charge in [0.2, 0.25) is 0 Å². The lowest BCUT2D eigenvalue weighted by Crippen LogP contribution is -2.65. The fourth-order valence-corrected chi connectivity index (χ4v) is 6.30. The normalized spacial score (nSPS) is 20.3. The van der Waals surface area contributed by atoms with E-state index in [-0.39, 0.29) is 17.9 Å². The number of anilines is 1. The molecule has 2 aromatic carbocycles. The summed E-state index contributed by atoms with van der Waals surface area (Å²) in [5.41, 5.74) is 1.21. The molecule has 0 aliphatic carbocycles. The van der Waals surface area contributed by atoms with Gasteiger partial charge in [0.25, 0.3) is 0 Å². The zero-order valence-corrected chi connectivity index (χ0v) is 24.0. The fraction of sp³-hybridized carbons (Fsp3) is 0.333. The Hall–Kier alpha value is -4.18. The third kappa shape index (κ3) is 5.31. The molecular formula is C30H33N3O6S. The van der Waals surface area contributed by atoms with Gasteiger partial charge in [0.1, 0.15) is 5.41 Å². The summed E-state index contributed by atoms with van der Waals surface area (Å²) in [4.78, 5) is 45.2. The molecule has 1 aromatic heterocycles. The summed E-state index contributed by atoms with van der Waals surface area (Å²) in [6.45, 7) is 5.56. The first-order chi connectivity index (χ1) is 19.3. The van der Waals surface area contributed by atoms with Crippen LogP contribution in [0.3, 0.4) is 0 Å². The van der Waals surface area contributed by atoms with Crippen LogP contribution in [0.15, 0.2) is 71.9 Å². The quantitative estimate of drug-likeness (QED) is 0.291. The first-order valence-corrected chi connectivity index (χ1v) is 13.8. The van der Waals surface area contributed by atoms with Crippen LogP contribution in [0.25, 0.3) is 0 Å². The maximum Gasteiger partial charge on any atom is 0.358 e. The number of methoxy groups -OCH3 is 2. The molecule has 0 saturated heterocycles. The van der Waals surface area contributed by atoms with E-state index in [2.05, 4.69) is 15.6 Å². The summed E-state index contributed by atoms with van der Waals surface area (Å²) in [7, 11) is 2.61. The Kier molecular flexibility index (Phi) is 8.89. The lowest BCUT2D eigenvalue weighted by Gasteiger charge is -2.47. The Morgan fingerprint density at radius 1 is 1.00 bits per heavy atom. The van der Waals surface area contributed by atoms with Crippen molar-refractivity contribution in [2.75, 3.05) is 26.1 Å². The molecule has 1 aliphatic heterocycles. The van der Waals surface area contributed by atoms with Crippen molar-refractivity contribution in [3.05, 3.63) is 93.6 Å². The van der Waals surface area contributed by atoms with Crippen LogP contribution in [-0.4, -0.2) is 55.8 Å². The lowest BCUT2D eigenvalue weighted by atomic mass is 9.64. The predicted octanol–water partition coefficient (Wildman–Crippen LogP) is 4.24. The number of nitrogens with zero attached hydrogens (tertiary/aromatic N) is 1. The summed E-state index contributed by atoms with van der Waals surface area (Å²) in [6, 6.07) is 17.4. The minimum Gasteiger partial charge on any atom is -0.468 e. The van der Waals surface area contributed by atoms with Gasteiger partial charge in [-0.3, -0.25) is 4.79 Å². The molecule has 40 heavy (non-hydrogen) atoms. The van der Waals surface area contributed by atoms with Crippen molar-refractivity contribution in [3.63, 3.8) is 0 Å². The topological polar surface area (TPSA) is 116 Å². The monoisotopic (exact) mass is 563 g/mol. The second-order valence-corrected chi connectivity index (χ2v) is 10.5. The minimum atomic E-state index is -1.39. The number of esters is 3. The van der Waals surface area contributed by atoms with Gasteiger partial charge < -0.3 is 24.8 Å². The molecular weight excluding hydrogens is 530 g/mol. The largest absolute Gasteiger partial charge is 0.468 e. The standard InChI is InChI=1S/C30H33N3O6S/c1-6-39-27(35)24-22(17-20-13-9-7-10-14-20)40-29(32-24)33-25-23(26(34)37-4)18(2)31-19(3)30(25,28(36)38-5)21-15-11-8-12-16-21/h7-16,19,25,31H,6,17H2,1-5H3,(H,32,33). The second kappa shape index (κ2) is 12.3. The van der Waals surface area contributed by atoms with Crippen LogP contribution in [0.4, 0.5) is 5.13 Å². The number of benzene rings is 2. The molecule has 1 aliphatic rings. The van der Waals surface area contributed by atoms with Gasteiger partial charge in [-0.15, -0.1) is 11.3 Å². The third-order valence-corrected chi connectivity index (χ3v) is 8.07. The number of rotatable bonds is 9. The molecule has 0 spiro atoms. The Morgan fingerprint density at radius 2 is 1.65 bits per heavy atom. The van der Waals surface area contributed by atoms with Crippen molar-refractivity contribution in [2.24, 2.45) is 0 Å². The molecule has 4 rings (SSSR count). The van der Waals surface area contributed by atoms with Crippen molar-refractivity contribution in [3.8, 4) is 0 Å². The van der Waals surface area contributed by atoms with Crippen LogP contribution in [0.2, 0.25) is 0 Å². The van der Waals surface area contributed by atoms with E-state index in [1.807, 2.05) is 67.6 Å². The van der Waals surface area contributed by atoms with E-state index < -0.39 is 35.4 Å². The van der Waals surface area contributed by atoms with Gasteiger partial charge in [-0.2, -0.15) is 0 Å². The second-order valence-electron chi connectivity index (χ2n) is 9.37. The molecule has 10 heteroatoms. The van der Waals surface area contributed by atoms with Gasteiger partial charge in [-0.05, 0) is 31.9 Å². The van der Waals surface area contributed by atoms with Crippen LogP contribution in [0, 0.1) is 0 Å². The lowest BCUT2D eigenvalue weighted by molar-refractivity contribution is -0.149. The number of nitrogens with one attached hydrogen (secondary N) is 2. The van der Waals surface area contributed by atoms with E-state index in [1.54, 1.807) is 13.8 Å². The van der Waals surface area contributed by atoms with Crippen LogP contribution in [0.5, 0.6) is 0 Å². The van der Waals surface area contributed by atoms with Crippen LogP contribution >= 0.6 is 11.3 Å². The molecule has 0 saturated carbocycles. The predicted molar refractivity (Wildman–Crippen MR) is 152 cm³/mol. The molecule has 2 N–H and O–H groups in total. The number of allylic oxidation sites excluding steroid dienone is 1. The highest BCUT2D eigenvalue weighted by Gasteiger charge is 2.58. The van der Waals surface area contributed by atoms with Crippen molar-refractivity contribution >= 4 is 34.4 Å². The van der Waals surface area contributed by atoms with Crippen LogP contribution in [-0.2, 0) is 35.6 Å². The third-order valence-electron chi connectivity index (χ3n) is 7.09. The number of hydrogen-bond acceptors (Lipinski definition) is 10. The summed E-state index contributed by atoms with van der Waals surface area (Å²) in [6.07, 6.45) is 0.455. The summed E-state index contributed by atoms with van der Waals surface area (Å²) in [5, 5.41) is 7.00. The maximum absolute atomic E-state index is 13.8. The average molecular weight is 564 g/mol. The van der Waals surface area contributed by atoms with E-state index >= 15 is 0 Å². The first kappa shape index (κ1) is 28.8. The number of carbonyl (C=O) groups excluding carboxylic acids is 3. The molecule has 3 atom stereocenters. The Morgan fingerprint density at radius 3 is 2.25 bits per heavy atom. The van der Waals surface area contributed by atoms with Gasteiger partial charge in [0.15, 0.2) is 10.8 Å². The Labute approximate surface area is 237 Å². The van der Waals surface area contributed by atoms with Crippen molar-refractivity contribution in [2.45, 2.75) is 44.7 Å². The highest BCUT2D eigenvalue weighted by molar-refractivity contribution is 7.15. The molecule has 3 unspecified atom stereocenters. The molecule has 2 heterocycles. The van der Waals surface area contributed by atoms with Crippen molar-refractivity contribution in [1.82, 2.24) is 10.3 Å². The number of hydrogen-bond donors (Lipinski definition) is 2. The van der Waals surface area contributed by atoms with E-state index in [1.165, 1.54) is 25.6 Å². The van der Waals surface area contributed by atoms with Crippen molar-refractivity contribution < 1.29 is 28.6 Å². The highest BCUT2D eigenvalue weighted by Crippen LogP contribution is 2.43. The summed E-state index contributed by atoms with van der Waals surface area (Å²) in [5.74, 6) is -1.69. The first-order valence-electron chi connectivity index (χ1n) is 12.9. The van der Waals surface area contributed by atoms with E-state index in [0.717, 1.165) is 5.56 Å². The summed E-state index contributed by atoms with van der Waals surface area (Å²) < 4.78 is 15.8. The molecule has 9 nitrogen and oxygen atoms in total. The number of thiazole rings is 1. The SMILES string of the molecule is CCOC(=O)c1nc(NC2C(C(=O)OC)=C(C)NC(C)C2(C(=O)OC)c2ccccc2)sc1Cc1ccccc1. The average Bonchev–Trinajstić information content (AvgIpc) is 3.36. The molecule has 0 fully saturated rings. The van der Waals surface area contributed by atoms with Crippen LogP contribution in [0.1, 0.15) is 47.3 Å². The minimum absolute atomic E-state index is 0.184. The number of ether oxygens (including phenoxy) is 3. The molecule has 0 bridgehead atoms. The molecule has 0 amide bonds. The summed E-state index contributed by atoms with van der Waals surface area (Å²) >= 11 is 1.27. The zero-order valence-electron chi connectivity index (χ0n) is 23.1. The number of aromatic nitrogens is 1. The molecule has 0 radical (unpaired) electrons. The van der Waals surface area contributed by atoms with Crippen molar-refractivity contribution in [1.29, 1.82) is 0 Å². The smallest absolute Gasteiger partial charge is 0.358 e. The van der Waals surface area contributed by atoms with E-state index in [9.17, 15) is 14.4 Å². The van der Waals surface area contributed by atoms with Gasteiger partial charge in [-0.1, -0.05) is 60.7 Å². The van der Waals surface area contributed by atoms with Gasteiger partial charge in [0.05, 0.1) is 32.4 Å². The number of carbonyl (C=O) groups is 3. The molecule has 3 aromatic rings. The zero-order chi connectivity index (χ0) is 28.9. The van der Waals surface area contributed by atoms with E-state index in [0.29, 0.717) is 27.7 Å². The Bertz CT molecular complexity index is 1410. The maximum atomic E-state index is 13.8. The Balaban J connectivity index is 1.90. The van der Waals surface area contributed by atoms with Gasteiger partial charge in [0, 0.05) is 23.0 Å². The molecule has 210 valence electrons. The van der Waals surface area contributed by atoms with Gasteiger partial charge in [-0.25, -0.2) is 14.6 Å². The van der Waals surface area contributed by atoms with Crippen LogP contribution < -0.4 is 10.6 Å². The fourth-order valence-electron chi connectivity index (χ4n) is 5.29. The van der Waals surface area contributed by atoms with E-state index in [4.69, 9.17) is 14.2 Å². The van der Waals surface area contributed by atoms with Gasteiger partial charge >= 0.3 is 17.9 Å².